The first kappa shape index (κ1) is 19.2. The minimum atomic E-state index is -1.44. The Balaban J connectivity index is 2.63. The lowest BCUT2D eigenvalue weighted by atomic mass is 9.95. The van der Waals surface area contributed by atoms with Gasteiger partial charge >= 0.3 is 23.9 Å². The van der Waals surface area contributed by atoms with Crippen molar-refractivity contribution in [3.8, 4) is 0 Å². The van der Waals surface area contributed by atoms with Crippen LogP contribution in [-0.4, -0.2) is 44.3 Å². The summed E-state index contributed by atoms with van der Waals surface area (Å²) in [6.07, 6.45) is -0.137. The Morgan fingerprint density at radius 3 is 1.00 bits per heavy atom. The number of nitrogen functional groups attached to an aromatic ring is 2. The minimum Gasteiger partial charge on any atom is -0.478 e. The molecule has 2 rings (SSSR count). The molecule has 0 aliphatic carbocycles. The molecule has 0 bridgehead atoms. The molecule has 0 saturated carbocycles. The van der Waals surface area contributed by atoms with Gasteiger partial charge < -0.3 is 31.9 Å². The van der Waals surface area contributed by atoms with E-state index in [0.717, 1.165) is 24.3 Å². The first-order valence-electron chi connectivity index (χ1n) is 7.30. The first-order valence-corrected chi connectivity index (χ1v) is 7.30. The van der Waals surface area contributed by atoms with E-state index in [4.69, 9.17) is 11.5 Å². The summed E-state index contributed by atoms with van der Waals surface area (Å²) in [5.41, 5.74) is 8.93. The predicted molar refractivity (Wildman–Crippen MR) is 92.4 cm³/mol. The molecule has 27 heavy (non-hydrogen) atoms. The predicted octanol–water partition coefficient (Wildman–Crippen LogP) is 1.23. The minimum absolute atomic E-state index is 0.137. The Kier molecular flexibility index (Phi) is 5.02. The zero-order valence-corrected chi connectivity index (χ0v) is 13.6. The molecule has 0 aliphatic rings. The molecule has 10 heteroatoms. The SMILES string of the molecule is Nc1c(C(=O)O)cc(Cc2cc(C(=O)O)c(N)c(C(=O)O)c2)cc1C(=O)O. The highest BCUT2D eigenvalue weighted by molar-refractivity contribution is 6.03. The number of aromatic carboxylic acids is 4. The van der Waals surface area contributed by atoms with Gasteiger partial charge in [-0.25, -0.2) is 19.2 Å². The van der Waals surface area contributed by atoms with Crippen LogP contribution in [0.4, 0.5) is 11.4 Å². The van der Waals surface area contributed by atoms with Crippen LogP contribution in [0.5, 0.6) is 0 Å². The fraction of sp³-hybridized carbons (Fsp3) is 0.0588. The van der Waals surface area contributed by atoms with Crippen LogP contribution in [0, 0.1) is 0 Å². The van der Waals surface area contributed by atoms with E-state index in [9.17, 15) is 39.6 Å². The van der Waals surface area contributed by atoms with E-state index in [-0.39, 0.29) is 17.5 Å². The Bertz CT molecular complexity index is 847. The van der Waals surface area contributed by atoms with Crippen molar-refractivity contribution in [2.45, 2.75) is 6.42 Å². The lowest BCUT2D eigenvalue weighted by Gasteiger charge is -2.12. The molecule has 10 nitrogen and oxygen atoms in total. The second-order valence-corrected chi connectivity index (χ2v) is 5.61. The summed E-state index contributed by atoms with van der Waals surface area (Å²) in [6, 6.07) is 4.56. The van der Waals surface area contributed by atoms with E-state index < -0.39 is 57.5 Å². The normalized spacial score (nSPS) is 10.4. The lowest BCUT2D eigenvalue weighted by Crippen LogP contribution is -2.12. The second-order valence-electron chi connectivity index (χ2n) is 5.61. The molecule has 0 heterocycles. The summed E-state index contributed by atoms with van der Waals surface area (Å²) in [6.45, 7) is 0. The van der Waals surface area contributed by atoms with Crippen LogP contribution >= 0.6 is 0 Å². The van der Waals surface area contributed by atoms with Gasteiger partial charge in [-0.3, -0.25) is 0 Å². The van der Waals surface area contributed by atoms with Crippen molar-refractivity contribution in [2.24, 2.45) is 0 Å². The molecule has 8 N–H and O–H groups in total. The summed E-state index contributed by atoms with van der Waals surface area (Å²) in [5.74, 6) is -5.75. The molecule has 140 valence electrons. The Hall–Kier alpha value is -4.08. The van der Waals surface area contributed by atoms with E-state index >= 15 is 0 Å². The van der Waals surface area contributed by atoms with Crippen LogP contribution in [0.25, 0.3) is 0 Å². The Morgan fingerprint density at radius 2 is 0.815 bits per heavy atom. The topological polar surface area (TPSA) is 201 Å². The van der Waals surface area contributed by atoms with Crippen molar-refractivity contribution in [3.63, 3.8) is 0 Å². The molecule has 0 radical (unpaired) electrons. The zero-order valence-electron chi connectivity index (χ0n) is 13.6. The van der Waals surface area contributed by atoms with E-state index in [1.807, 2.05) is 0 Å². The smallest absolute Gasteiger partial charge is 0.337 e. The number of carbonyl (C=O) groups is 4. The summed E-state index contributed by atoms with van der Waals surface area (Å²) in [7, 11) is 0. The zero-order chi connectivity index (χ0) is 20.5. The number of hydrogen-bond donors (Lipinski definition) is 6. The van der Waals surface area contributed by atoms with Crippen molar-refractivity contribution in [1.82, 2.24) is 0 Å². The Morgan fingerprint density at radius 1 is 0.593 bits per heavy atom. The molecular formula is C17H14N2O8. The number of anilines is 2. The second kappa shape index (κ2) is 7.04. The molecule has 0 aliphatic heterocycles. The molecule has 2 aromatic carbocycles. The highest BCUT2D eigenvalue weighted by atomic mass is 16.4. The molecule has 0 fully saturated rings. The van der Waals surface area contributed by atoms with E-state index in [1.165, 1.54) is 0 Å². The van der Waals surface area contributed by atoms with E-state index in [1.54, 1.807) is 0 Å². The van der Waals surface area contributed by atoms with Crippen LogP contribution in [0.3, 0.4) is 0 Å². The number of hydrogen-bond acceptors (Lipinski definition) is 6. The number of benzene rings is 2. The van der Waals surface area contributed by atoms with Gasteiger partial charge in [-0.15, -0.1) is 0 Å². The van der Waals surface area contributed by atoms with Gasteiger partial charge in [0.05, 0.1) is 33.6 Å². The summed E-state index contributed by atoms with van der Waals surface area (Å²) < 4.78 is 0. The van der Waals surface area contributed by atoms with Crippen LogP contribution in [0.2, 0.25) is 0 Å². The third-order valence-electron chi connectivity index (χ3n) is 3.81. The van der Waals surface area contributed by atoms with Crippen molar-refractivity contribution in [3.05, 3.63) is 57.6 Å². The van der Waals surface area contributed by atoms with Crippen molar-refractivity contribution in [2.75, 3.05) is 11.5 Å². The average Bonchev–Trinajstić information content (AvgIpc) is 2.56. The number of carboxylic acid groups (broad SMARTS) is 4. The lowest BCUT2D eigenvalue weighted by molar-refractivity contribution is 0.0678. The maximum Gasteiger partial charge on any atom is 0.337 e. The largest absolute Gasteiger partial charge is 0.478 e. The number of carboxylic acids is 4. The Labute approximate surface area is 151 Å². The summed E-state index contributed by atoms with van der Waals surface area (Å²) >= 11 is 0. The van der Waals surface area contributed by atoms with Crippen molar-refractivity contribution >= 4 is 35.3 Å². The highest BCUT2D eigenvalue weighted by Gasteiger charge is 2.21. The monoisotopic (exact) mass is 374 g/mol. The standard InChI is InChI=1S/C17H14N2O8/c18-12-8(14(20)21)2-6(3-9(12)15(22)23)1-7-4-10(16(24)25)13(19)11(5-7)17(26)27/h2-5H,1,18-19H2,(H,20,21)(H,22,23)(H,24,25)(H,26,27). The van der Waals surface area contributed by atoms with Crippen LogP contribution in [0.15, 0.2) is 24.3 Å². The van der Waals surface area contributed by atoms with Gasteiger partial charge in [0.25, 0.3) is 0 Å². The van der Waals surface area contributed by atoms with Gasteiger partial charge in [-0.05, 0) is 41.8 Å². The molecule has 0 spiro atoms. The van der Waals surface area contributed by atoms with Crippen LogP contribution in [-0.2, 0) is 6.42 Å². The fourth-order valence-electron chi connectivity index (χ4n) is 2.57. The average molecular weight is 374 g/mol. The van der Waals surface area contributed by atoms with Crippen molar-refractivity contribution in [1.29, 1.82) is 0 Å². The van der Waals surface area contributed by atoms with Crippen LogP contribution < -0.4 is 11.5 Å². The summed E-state index contributed by atoms with van der Waals surface area (Å²) in [5, 5.41) is 36.8. The van der Waals surface area contributed by atoms with Crippen molar-refractivity contribution < 1.29 is 39.6 Å². The molecule has 2 aromatic rings. The first-order chi connectivity index (χ1) is 12.5. The molecule has 0 unspecified atom stereocenters. The maximum absolute atomic E-state index is 11.3. The third kappa shape index (κ3) is 3.79. The third-order valence-corrected chi connectivity index (χ3v) is 3.81. The number of rotatable bonds is 6. The van der Waals surface area contributed by atoms with Gasteiger partial charge in [0.1, 0.15) is 0 Å². The van der Waals surface area contributed by atoms with E-state index in [0.29, 0.717) is 0 Å². The van der Waals surface area contributed by atoms with Gasteiger partial charge in [0, 0.05) is 0 Å². The maximum atomic E-state index is 11.3. The number of nitrogens with two attached hydrogens (primary N) is 2. The highest BCUT2D eigenvalue weighted by Crippen LogP contribution is 2.26. The molecule has 0 amide bonds. The molecular weight excluding hydrogens is 360 g/mol. The molecule has 0 saturated heterocycles. The van der Waals surface area contributed by atoms with Gasteiger partial charge in [0.15, 0.2) is 0 Å². The van der Waals surface area contributed by atoms with E-state index in [2.05, 4.69) is 0 Å². The quantitative estimate of drug-likeness (QED) is 0.399. The molecule has 0 aromatic heterocycles. The van der Waals surface area contributed by atoms with Gasteiger partial charge in [-0.1, -0.05) is 0 Å². The molecule has 0 atom stereocenters. The van der Waals surface area contributed by atoms with Gasteiger partial charge in [0.2, 0.25) is 0 Å². The van der Waals surface area contributed by atoms with Gasteiger partial charge in [-0.2, -0.15) is 0 Å². The fourth-order valence-corrected chi connectivity index (χ4v) is 2.57. The summed E-state index contributed by atoms with van der Waals surface area (Å²) in [4.78, 5) is 45.2. The van der Waals surface area contributed by atoms with Crippen LogP contribution in [0.1, 0.15) is 52.6 Å².